The first-order valence-electron chi connectivity index (χ1n) is 7.61. The number of aromatic nitrogens is 3. The van der Waals surface area contributed by atoms with Gasteiger partial charge in [-0.1, -0.05) is 0 Å². The van der Waals surface area contributed by atoms with Gasteiger partial charge < -0.3 is 14.6 Å². The highest BCUT2D eigenvalue weighted by Crippen LogP contribution is 2.30. The first-order valence-corrected chi connectivity index (χ1v) is 8.49. The van der Waals surface area contributed by atoms with E-state index in [4.69, 9.17) is 4.74 Å². The van der Waals surface area contributed by atoms with Gasteiger partial charge in [0.2, 0.25) is 0 Å². The van der Waals surface area contributed by atoms with Crippen molar-refractivity contribution in [2.45, 2.75) is 19.9 Å². The molecule has 120 valence electrons. The van der Waals surface area contributed by atoms with Crippen molar-refractivity contribution in [2.24, 2.45) is 0 Å². The molecule has 1 atom stereocenters. The smallest absolute Gasteiger partial charge is 0.271 e. The van der Waals surface area contributed by atoms with Gasteiger partial charge in [-0.25, -0.2) is 0 Å². The highest BCUT2D eigenvalue weighted by atomic mass is 32.1. The van der Waals surface area contributed by atoms with Crippen molar-refractivity contribution in [1.82, 2.24) is 20.1 Å². The number of amides is 1. The molecule has 3 aromatic rings. The highest BCUT2D eigenvalue weighted by Gasteiger charge is 2.33. The lowest BCUT2D eigenvalue weighted by atomic mass is 10.0. The highest BCUT2D eigenvalue weighted by molar-refractivity contribution is 7.17. The van der Waals surface area contributed by atoms with Crippen LogP contribution in [0.2, 0.25) is 0 Å². The molecule has 7 heteroatoms. The Hall–Kier alpha value is -2.12. The first-order chi connectivity index (χ1) is 11.1. The van der Waals surface area contributed by atoms with Crippen LogP contribution in [0.25, 0.3) is 10.2 Å². The number of carbonyl (C=O) groups is 1. The fourth-order valence-corrected chi connectivity index (χ4v) is 4.04. The maximum atomic E-state index is 13.0. The van der Waals surface area contributed by atoms with E-state index in [2.05, 4.69) is 15.2 Å². The molecule has 0 aliphatic carbocycles. The topological polar surface area (TPSA) is 74.0 Å². The van der Waals surface area contributed by atoms with E-state index in [1.807, 2.05) is 36.3 Å². The van der Waals surface area contributed by atoms with E-state index in [9.17, 15) is 4.79 Å². The van der Waals surface area contributed by atoms with E-state index in [1.54, 1.807) is 11.3 Å². The molecule has 0 unspecified atom stereocenters. The summed E-state index contributed by atoms with van der Waals surface area (Å²) < 4.78 is 6.74. The third-order valence-corrected chi connectivity index (χ3v) is 5.24. The third-order valence-electron chi connectivity index (χ3n) is 4.38. The zero-order valence-corrected chi connectivity index (χ0v) is 13.9. The molecule has 1 saturated heterocycles. The minimum absolute atomic E-state index is 0.0155. The maximum Gasteiger partial charge on any atom is 0.271 e. The van der Waals surface area contributed by atoms with Crippen molar-refractivity contribution in [3.05, 3.63) is 40.2 Å². The number of morpholine rings is 1. The fraction of sp³-hybridized carbons (Fsp3) is 0.375. The Bertz CT molecular complexity index is 815. The molecule has 0 radical (unpaired) electrons. The third kappa shape index (κ3) is 2.36. The number of thiophene rings is 1. The molecule has 4 rings (SSSR count). The largest absolute Gasteiger partial charge is 0.377 e. The number of H-pyrrole nitrogens is 2. The molecule has 4 heterocycles. The van der Waals surface area contributed by atoms with Crippen molar-refractivity contribution >= 4 is 27.5 Å². The molecule has 1 aliphatic rings. The first kappa shape index (κ1) is 14.5. The van der Waals surface area contributed by atoms with Crippen LogP contribution in [0, 0.1) is 13.8 Å². The summed E-state index contributed by atoms with van der Waals surface area (Å²) in [5, 5.41) is 9.28. The molecule has 0 aromatic carbocycles. The SMILES string of the molecule is Cc1n[nH]c(C)c1[C@H]1COCCN1C(=O)c1cc2sccc2[nH]1. The Morgan fingerprint density at radius 3 is 3.09 bits per heavy atom. The Morgan fingerprint density at radius 1 is 1.48 bits per heavy atom. The number of rotatable bonds is 2. The standard InChI is InChI=1S/C16H18N4O2S/c1-9-15(10(2)19-18-9)13-8-22-5-4-20(13)16(21)12-7-14-11(17-12)3-6-23-14/h3,6-7,13,17H,4-5,8H2,1-2H3,(H,18,19)/t13-/m1/s1. The molecular weight excluding hydrogens is 312 g/mol. The number of nitrogens with one attached hydrogen (secondary N) is 2. The van der Waals surface area contributed by atoms with Gasteiger partial charge in [0, 0.05) is 17.8 Å². The van der Waals surface area contributed by atoms with Gasteiger partial charge in [-0.2, -0.15) is 5.10 Å². The summed E-state index contributed by atoms with van der Waals surface area (Å²) in [6.45, 7) is 5.59. The van der Waals surface area contributed by atoms with Crippen LogP contribution in [0.4, 0.5) is 0 Å². The number of hydrogen-bond donors (Lipinski definition) is 2. The molecule has 2 N–H and O–H groups in total. The number of hydrogen-bond acceptors (Lipinski definition) is 4. The second-order valence-corrected chi connectivity index (χ2v) is 6.77. The van der Waals surface area contributed by atoms with E-state index < -0.39 is 0 Å². The van der Waals surface area contributed by atoms with E-state index in [0.29, 0.717) is 25.5 Å². The van der Waals surface area contributed by atoms with Gasteiger partial charge in [0.15, 0.2) is 0 Å². The van der Waals surface area contributed by atoms with Crippen LogP contribution in [0.3, 0.4) is 0 Å². The molecule has 1 aliphatic heterocycles. The van der Waals surface area contributed by atoms with Crippen LogP contribution in [0.1, 0.15) is 33.5 Å². The zero-order chi connectivity index (χ0) is 16.0. The lowest BCUT2D eigenvalue weighted by Gasteiger charge is -2.35. The van der Waals surface area contributed by atoms with Gasteiger partial charge in [0.1, 0.15) is 5.69 Å². The number of nitrogens with zero attached hydrogens (tertiary/aromatic N) is 2. The number of fused-ring (bicyclic) bond motifs is 1. The lowest BCUT2D eigenvalue weighted by Crippen LogP contribution is -2.43. The van der Waals surface area contributed by atoms with E-state index in [0.717, 1.165) is 27.2 Å². The minimum atomic E-state index is -0.101. The van der Waals surface area contributed by atoms with Crippen molar-refractivity contribution in [3.8, 4) is 0 Å². The second kappa shape index (κ2) is 5.50. The Kier molecular flexibility index (Phi) is 3.46. The van der Waals surface area contributed by atoms with Crippen LogP contribution in [-0.4, -0.2) is 45.7 Å². The van der Waals surface area contributed by atoms with Crippen molar-refractivity contribution in [2.75, 3.05) is 19.8 Å². The molecule has 1 fully saturated rings. The molecular formula is C16H18N4O2S. The summed E-state index contributed by atoms with van der Waals surface area (Å²) in [6.07, 6.45) is 0. The van der Waals surface area contributed by atoms with Crippen molar-refractivity contribution in [3.63, 3.8) is 0 Å². The van der Waals surface area contributed by atoms with Crippen LogP contribution < -0.4 is 0 Å². The molecule has 1 amide bonds. The van der Waals surface area contributed by atoms with Gasteiger partial charge >= 0.3 is 0 Å². The summed E-state index contributed by atoms with van der Waals surface area (Å²) in [5.41, 5.74) is 4.62. The minimum Gasteiger partial charge on any atom is -0.377 e. The summed E-state index contributed by atoms with van der Waals surface area (Å²) in [6, 6.07) is 3.83. The van der Waals surface area contributed by atoms with Gasteiger partial charge in [-0.05, 0) is 31.4 Å². The average Bonchev–Trinajstić information content (AvgIpc) is 3.22. The maximum absolute atomic E-state index is 13.0. The Morgan fingerprint density at radius 2 is 2.35 bits per heavy atom. The molecule has 3 aromatic heterocycles. The summed E-state index contributed by atoms with van der Waals surface area (Å²) >= 11 is 1.63. The van der Waals surface area contributed by atoms with E-state index in [-0.39, 0.29) is 11.9 Å². The predicted octanol–water partition coefficient (Wildman–Crippen LogP) is 2.78. The Balaban J connectivity index is 1.70. The van der Waals surface area contributed by atoms with Crippen LogP contribution >= 0.6 is 11.3 Å². The fourth-order valence-electron chi connectivity index (χ4n) is 3.25. The average molecular weight is 330 g/mol. The number of aromatic amines is 2. The van der Waals surface area contributed by atoms with Gasteiger partial charge in [-0.15, -0.1) is 11.3 Å². The summed E-state index contributed by atoms with van der Waals surface area (Å²) in [4.78, 5) is 18.1. The number of ether oxygens (including phenoxy) is 1. The Labute approximate surface area is 137 Å². The van der Waals surface area contributed by atoms with Gasteiger partial charge in [-0.3, -0.25) is 9.89 Å². The molecule has 0 bridgehead atoms. The van der Waals surface area contributed by atoms with Crippen LogP contribution in [0.15, 0.2) is 17.5 Å². The van der Waals surface area contributed by atoms with E-state index >= 15 is 0 Å². The summed E-state index contributed by atoms with van der Waals surface area (Å²) in [7, 11) is 0. The number of carbonyl (C=O) groups excluding carboxylic acids is 1. The number of aryl methyl sites for hydroxylation is 2. The molecule has 0 saturated carbocycles. The zero-order valence-electron chi connectivity index (χ0n) is 13.0. The normalized spacial score (nSPS) is 18.7. The van der Waals surface area contributed by atoms with Crippen LogP contribution in [0.5, 0.6) is 0 Å². The van der Waals surface area contributed by atoms with Crippen molar-refractivity contribution in [1.29, 1.82) is 0 Å². The van der Waals surface area contributed by atoms with Crippen LogP contribution in [-0.2, 0) is 4.74 Å². The van der Waals surface area contributed by atoms with Gasteiger partial charge in [0.05, 0.1) is 35.2 Å². The molecule has 0 spiro atoms. The van der Waals surface area contributed by atoms with E-state index in [1.165, 1.54) is 0 Å². The quantitative estimate of drug-likeness (QED) is 0.759. The summed E-state index contributed by atoms with van der Waals surface area (Å²) in [5.74, 6) is 0.0155. The second-order valence-electron chi connectivity index (χ2n) is 5.82. The van der Waals surface area contributed by atoms with Crippen molar-refractivity contribution < 1.29 is 9.53 Å². The predicted molar refractivity (Wildman–Crippen MR) is 88.8 cm³/mol. The lowest BCUT2D eigenvalue weighted by molar-refractivity contribution is -0.00327. The molecule has 6 nitrogen and oxygen atoms in total. The van der Waals surface area contributed by atoms with Gasteiger partial charge in [0.25, 0.3) is 5.91 Å². The monoisotopic (exact) mass is 330 g/mol. The molecule has 23 heavy (non-hydrogen) atoms.